The fraction of sp³-hybridized carbons (Fsp3) is 0.435. The third-order valence-corrected chi connectivity index (χ3v) is 8.56. The van der Waals surface area contributed by atoms with Crippen LogP contribution in [0.4, 0.5) is 0 Å². The largest absolute Gasteiger partial charge is 0.349 e. The summed E-state index contributed by atoms with van der Waals surface area (Å²) in [5.74, 6) is -0.557. The lowest BCUT2D eigenvalue weighted by atomic mass is 9.95. The molecule has 5 nitrogen and oxygen atoms in total. The quantitative estimate of drug-likeness (QED) is 0.636. The van der Waals surface area contributed by atoms with Gasteiger partial charge in [-0.25, -0.2) is 8.42 Å². The maximum Gasteiger partial charge on any atom is 0.244 e. The Labute approximate surface area is 194 Å². The van der Waals surface area contributed by atoms with Gasteiger partial charge in [0.05, 0.1) is 17.0 Å². The van der Waals surface area contributed by atoms with Gasteiger partial charge in [0, 0.05) is 18.1 Å². The van der Waals surface area contributed by atoms with Crippen LogP contribution in [-0.2, 0) is 14.8 Å². The molecule has 0 bridgehead atoms. The van der Waals surface area contributed by atoms with Crippen molar-refractivity contribution in [3.05, 3.63) is 62.6 Å². The summed E-state index contributed by atoms with van der Waals surface area (Å²) in [6.45, 7) is 8.58. The first-order valence-electron chi connectivity index (χ1n) is 10.3. The van der Waals surface area contributed by atoms with Crippen molar-refractivity contribution in [2.24, 2.45) is 5.92 Å². The smallest absolute Gasteiger partial charge is 0.244 e. The van der Waals surface area contributed by atoms with Gasteiger partial charge in [-0.05, 0) is 81.0 Å². The van der Waals surface area contributed by atoms with Gasteiger partial charge in [0.2, 0.25) is 15.9 Å². The van der Waals surface area contributed by atoms with Gasteiger partial charge in [0.1, 0.15) is 4.90 Å². The molecule has 0 spiro atoms. The Morgan fingerprint density at radius 3 is 2.48 bits per heavy atom. The SMILES string of the molecule is Cc1cc(C)c([C@H](C)NC(=O)[C@@H]2CCCN(S(=O)(=O)c3cc(Cl)ccc3Cl)C2)cc1C. The molecule has 3 rings (SSSR count). The molecule has 1 amide bonds. The zero-order chi connectivity index (χ0) is 22.9. The third-order valence-electron chi connectivity index (χ3n) is 5.97. The molecule has 0 aromatic heterocycles. The number of piperidine rings is 1. The van der Waals surface area contributed by atoms with Crippen molar-refractivity contribution >= 4 is 39.1 Å². The highest BCUT2D eigenvalue weighted by atomic mass is 35.5. The Hall–Kier alpha value is -1.60. The molecule has 1 fully saturated rings. The number of hydrogen-bond acceptors (Lipinski definition) is 3. The van der Waals surface area contributed by atoms with Gasteiger partial charge in [-0.1, -0.05) is 35.3 Å². The first-order valence-corrected chi connectivity index (χ1v) is 12.5. The summed E-state index contributed by atoms with van der Waals surface area (Å²) in [6.07, 6.45) is 1.24. The van der Waals surface area contributed by atoms with Gasteiger partial charge in [-0.3, -0.25) is 4.79 Å². The summed E-state index contributed by atoms with van der Waals surface area (Å²) in [7, 11) is -3.84. The minimum absolute atomic E-state index is 0.0261. The zero-order valence-electron chi connectivity index (χ0n) is 18.2. The molecule has 168 valence electrons. The number of nitrogens with one attached hydrogen (secondary N) is 1. The van der Waals surface area contributed by atoms with Crippen LogP contribution < -0.4 is 5.32 Å². The molecule has 0 unspecified atom stereocenters. The highest BCUT2D eigenvalue weighted by Gasteiger charge is 2.35. The minimum Gasteiger partial charge on any atom is -0.349 e. The van der Waals surface area contributed by atoms with Crippen LogP contribution in [0.25, 0.3) is 0 Å². The van der Waals surface area contributed by atoms with Crippen molar-refractivity contribution < 1.29 is 13.2 Å². The van der Waals surface area contributed by atoms with Crippen LogP contribution in [0.1, 0.15) is 48.1 Å². The van der Waals surface area contributed by atoms with Gasteiger partial charge < -0.3 is 5.32 Å². The second-order valence-electron chi connectivity index (χ2n) is 8.30. The molecule has 0 saturated carbocycles. The molecule has 1 aliphatic rings. The Balaban J connectivity index is 1.75. The number of nitrogens with zero attached hydrogens (tertiary/aromatic N) is 1. The Morgan fingerprint density at radius 2 is 1.77 bits per heavy atom. The lowest BCUT2D eigenvalue weighted by molar-refractivity contribution is -0.126. The van der Waals surface area contributed by atoms with E-state index in [0.717, 1.165) is 11.1 Å². The van der Waals surface area contributed by atoms with Crippen molar-refractivity contribution in [3.63, 3.8) is 0 Å². The molecule has 2 atom stereocenters. The highest BCUT2D eigenvalue weighted by molar-refractivity contribution is 7.89. The highest BCUT2D eigenvalue weighted by Crippen LogP contribution is 2.31. The van der Waals surface area contributed by atoms with Crippen LogP contribution in [0.15, 0.2) is 35.2 Å². The van der Waals surface area contributed by atoms with E-state index < -0.39 is 15.9 Å². The van der Waals surface area contributed by atoms with Crippen LogP contribution in [0.2, 0.25) is 10.0 Å². The second kappa shape index (κ2) is 9.49. The van der Waals surface area contributed by atoms with Crippen molar-refractivity contribution in [2.45, 2.75) is 51.5 Å². The average molecular weight is 483 g/mol. The normalized spacial score (nSPS) is 18.6. The van der Waals surface area contributed by atoms with Gasteiger partial charge in [0.15, 0.2) is 0 Å². The lowest BCUT2D eigenvalue weighted by Crippen LogP contribution is -2.45. The standard InChI is InChI=1S/C23H28Cl2N2O3S/c1-14-10-16(3)20(11-15(14)2)17(4)26-23(28)18-6-5-9-27(13-18)31(29,30)22-12-19(24)7-8-21(22)25/h7-8,10-12,17-18H,5-6,9,13H2,1-4H3,(H,26,28)/t17-,18+/m0/s1. The number of benzene rings is 2. The Kier molecular flexibility index (Phi) is 7.36. The number of aryl methyl sites for hydroxylation is 3. The van der Waals surface area contributed by atoms with Gasteiger partial charge in [-0.2, -0.15) is 4.31 Å². The van der Waals surface area contributed by atoms with Crippen molar-refractivity contribution in [1.29, 1.82) is 0 Å². The number of hydrogen-bond donors (Lipinski definition) is 1. The van der Waals surface area contributed by atoms with E-state index in [1.165, 1.54) is 27.6 Å². The molecule has 1 heterocycles. The van der Waals surface area contributed by atoms with Gasteiger partial charge >= 0.3 is 0 Å². The predicted molar refractivity (Wildman–Crippen MR) is 125 cm³/mol. The Morgan fingerprint density at radius 1 is 1.10 bits per heavy atom. The van der Waals surface area contributed by atoms with E-state index in [9.17, 15) is 13.2 Å². The fourth-order valence-electron chi connectivity index (χ4n) is 4.05. The molecular weight excluding hydrogens is 455 g/mol. The molecule has 1 N–H and O–H groups in total. The molecule has 2 aromatic rings. The summed E-state index contributed by atoms with van der Waals surface area (Å²) < 4.78 is 27.6. The minimum atomic E-state index is -3.84. The predicted octanol–water partition coefficient (Wildman–Crippen LogP) is 5.20. The summed E-state index contributed by atoms with van der Waals surface area (Å²) in [6, 6.07) is 8.43. The molecule has 0 radical (unpaired) electrons. The van der Waals surface area contributed by atoms with Gasteiger partial charge in [0.25, 0.3) is 0 Å². The van der Waals surface area contributed by atoms with E-state index in [1.54, 1.807) is 6.07 Å². The Bertz CT molecular complexity index is 1100. The summed E-state index contributed by atoms with van der Waals surface area (Å²) >= 11 is 12.1. The number of rotatable bonds is 5. The third kappa shape index (κ3) is 5.25. The number of amides is 1. The van der Waals surface area contributed by atoms with Crippen LogP contribution >= 0.6 is 23.2 Å². The molecular formula is C23H28Cl2N2O3S. The molecule has 0 aliphatic carbocycles. The summed E-state index contributed by atoms with van der Waals surface area (Å²) in [4.78, 5) is 13.0. The number of sulfonamides is 1. The maximum absolute atomic E-state index is 13.1. The van der Waals surface area contributed by atoms with E-state index >= 15 is 0 Å². The van der Waals surface area contributed by atoms with E-state index in [0.29, 0.717) is 24.4 Å². The number of carbonyl (C=O) groups is 1. The molecule has 31 heavy (non-hydrogen) atoms. The maximum atomic E-state index is 13.1. The van der Waals surface area contributed by atoms with E-state index in [2.05, 4.69) is 31.3 Å². The molecule has 1 aliphatic heterocycles. The van der Waals surface area contributed by atoms with Crippen molar-refractivity contribution in [2.75, 3.05) is 13.1 Å². The lowest BCUT2D eigenvalue weighted by Gasteiger charge is -2.32. The van der Waals surface area contributed by atoms with Crippen LogP contribution in [-0.4, -0.2) is 31.7 Å². The van der Waals surface area contributed by atoms with Crippen LogP contribution in [0, 0.1) is 26.7 Å². The van der Waals surface area contributed by atoms with Gasteiger partial charge in [-0.15, -0.1) is 0 Å². The monoisotopic (exact) mass is 482 g/mol. The van der Waals surface area contributed by atoms with E-state index in [4.69, 9.17) is 23.2 Å². The summed E-state index contributed by atoms with van der Waals surface area (Å²) in [5.41, 5.74) is 4.59. The topological polar surface area (TPSA) is 66.5 Å². The van der Waals surface area contributed by atoms with E-state index in [1.807, 2.05) is 13.8 Å². The second-order valence-corrected chi connectivity index (χ2v) is 11.1. The molecule has 1 saturated heterocycles. The molecule has 8 heteroatoms. The number of halogens is 2. The van der Waals surface area contributed by atoms with Crippen LogP contribution in [0.3, 0.4) is 0 Å². The van der Waals surface area contributed by atoms with E-state index in [-0.39, 0.29) is 28.4 Å². The first kappa shape index (κ1) is 24.1. The van der Waals surface area contributed by atoms with Crippen LogP contribution in [0.5, 0.6) is 0 Å². The van der Waals surface area contributed by atoms with Crippen molar-refractivity contribution in [3.8, 4) is 0 Å². The van der Waals surface area contributed by atoms with Crippen molar-refractivity contribution in [1.82, 2.24) is 9.62 Å². The average Bonchev–Trinajstić information content (AvgIpc) is 2.72. The number of carbonyl (C=O) groups excluding carboxylic acids is 1. The molecule has 2 aromatic carbocycles. The zero-order valence-corrected chi connectivity index (χ0v) is 20.5. The summed E-state index contributed by atoms with van der Waals surface area (Å²) in [5, 5.41) is 3.50. The first-order chi connectivity index (χ1) is 14.5. The fourth-order valence-corrected chi connectivity index (χ4v) is 6.31.